The largest absolute Gasteiger partial charge is 0.103 e. The van der Waals surface area contributed by atoms with Crippen molar-refractivity contribution in [1.29, 1.82) is 0 Å². The highest BCUT2D eigenvalue weighted by molar-refractivity contribution is 4.77. The minimum absolute atomic E-state index is 0.675. The second-order valence-electron chi connectivity index (χ2n) is 5.87. The lowest BCUT2D eigenvalue weighted by Crippen LogP contribution is -2.22. The van der Waals surface area contributed by atoms with Crippen molar-refractivity contribution in [3.8, 4) is 0 Å². The van der Waals surface area contributed by atoms with Crippen LogP contribution < -0.4 is 0 Å². The Morgan fingerprint density at radius 1 is 0.875 bits per heavy atom. The highest BCUT2D eigenvalue weighted by atomic mass is 14.3. The molecule has 0 aromatic rings. The van der Waals surface area contributed by atoms with E-state index in [0.29, 0.717) is 5.92 Å². The Morgan fingerprint density at radius 3 is 1.81 bits per heavy atom. The zero-order chi connectivity index (χ0) is 12.7. The molecule has 0 N–H and O–H groups in total. The summed E-state index contributed by atoms with van der Waals surface area (Å²) in [6, 6.07) is 0. The molecule has 0 aromatic heterocycles. The lowest BCUT2D eigenvalue weighted by Gasteiger charge is -2.30. The SMILES string of the molecule is C=CC(C)CCC(C)C(C)C(C)C(C)CC. The van der Waals surface area contributed by atoms with Crippen LogP contribution in [0.15, 0.2) is 12.7 Å². The number of hydrogen-bond acceptors (Lipinski definition) is 0. The van der Waals surface area contributed by atoms with Gasteiger partial charge in [-0.2, -0.15) is 0 Å². The van der Waals surface area contributed by atoms with Gasteiger partial charge in [0.1, 0.15) is 0 Å². The molecule has 0 bridgehead atoms. The smallest absolute Gasteiger partial charge is 0.0265 e. The summed E-state index contributed by atoms with van der Waals surface area (Å²) < 4.78 is 0. The Morgan fingerprint density at radius 2 is 1.38 bits per heavy atom. The predicted molar refractivity (Wildman–Crippen MR) is 75.5 cm³/mol. The molecule has 0 aliphatic heterocycles. The van der Waals surface area contributed by atoms with Gasteiger partial charge in [0, 0.05) is 0 Å². The summed E-state index contributed by atoms with van der Waals surface area (Å²) in [6.07, 6.45) is 6.02. The van der Waals surface area contributed by atoms with Gasteiger partial charge < -0.3 is 0 Å². The van der Waals surface area contributed by atoms with Crippen LogP contribution in [-0.2, 0) is 0 Å². The molecular formula is C16H32. The van der Waals surface area contributed by atoms with E-state index in [2.05, 4.69) is 54.2 Å². The van der Waals surface area contributed by atoms with Crippen molar-refractivity contribution in [3.05, 3.63) is 12.7 Å². The zero-order valence-electron chi connectivity index (χ0n) is 12.3. The Kier molecular flexibility index (Phi) is 7.80. The van der Waals surface area contributed by atoms with Crippen molar-refractivity contribution in [3.63, 3.8) is 0 Å². The van der Waals surface area contributed by atoms with Gasteiger partial charge in [0.2, 0.25) is 0 Å². The lowest BCUT2D eigenvalue weighted by molar-refractivity contribution is 0.196. The molecule has 0 rings (SSSR count). The second kappa shape index (κ2) is 7.92. The van der Waals surface area contributed by atoms with E-state index < -0.39 is 0 Å². The first-order chi connectivity index (χ1) is 7.43. The molecule has 96 valence electrons. The molecule has 0 aliphatic rings. The molecule has 0 saturated carbocycles. The first-order valence-corrected chi connectivity index (χ1v) is 7.06. The standard InChI is InChI=1S/C16H32/c1-8-12(3)10-11-14(5)16(7)15(6)13(4)9-2/h8,12-16H,1,9-11H2,2-7H3. The first-order valence-electron chi connectivity index (χ1n) is 7.06. The summed E-state index contributed by atoms with van der Waals surface area (Å²) >= 11 is 0. The van der Waals surface area contributed by atoms with E-state index in [9.17, 15) is 0 Å². The fraction of sp³-hybridized carbons (Fsp3) is 0.875. The summed E-state index contributed by atoms with van der Waals surface area (Å²) in [5, 5.41) is 0. The Labute approximate surface area is 104 Å². The first kappa shape index (κ1) is 15.7. The quantitative estimate of drug-likeness (QED) is 0.475. The van der Waals surface area contributed by atoms with Crippen LogP contribution in [0.4, 0.5) is 0 Å². The maximum absolute atomic E-state index is 3.86. The van der Waals surface area contributed by atoms with E-state index in [-0.39, 0.29) is 0 Å². The lowest BCUT2D eigenvalue weighted by atomic mass is 9.75. The van der Waals surface area contributed by atoms with Gasteiger partial charge in [-0.05, 0) is 42.4 Å². The van der Waals surface area contributed by atoms with Gasteiger partial charge in [-0.3, -0.25) is 0 Å². The Balaban J connectivity index is 4.06. The van der Waals surface area contributed by atoms with E-state index in [1.54, 1.807) is 0 Å². The van der Waals surface area contributed by atoms with Gasteiger partial charge in [0.05, 0.1) is 0 Å². The maximum atomic E-state index is 3.86. The van der Waals surface area contributed by atoms with Crippen molar-refractivity contribution in [2.75, 3.05) is 0 Å². The monoisotopic (exact) mass is 224 g/mol. The molecule has 5 unspecified atom stereocenters. The van der Waals surface area contributed by atoms with E-state index >= 15 is 0 Å². The van der Waals surface area contributed by atoms with Crippen LogP contribution in [0.2, 0.25) is 0 Å². The van der Waals surface area contributed by atoms with Crippen molar-refractivity contribution in [2.24, 2.45) is 29.6 Å². The molecule has 5 atom stereocenters. The summed E-state index contributed by atoms with van der Waals surface area (Å²) in [6.45, 7) is 18.1. The van der Waals surface area contributed by atoms with Crippen molar-refractivity contribution < 1.29 is 0 Å². The van der Waals surface area contributed by atoms with Crippen molar-refractivity contribution in [2.45, 2.75) is 60.8 Å². The van der Waals surface area contributed by atoms with Gasteiger partial charge in [-0.1, -0.05) is 54.0 Å². The van der Waals surface area contributed by atoms with Crippen LogP contribution in [0, 0.1) is 29.6 Å². The van der Waals surface area contributed by atoms with Crippen LogP contribution in [-0.4, -0.2) is 0 Å². The summed E-state index contributed by atoms with van der Waals surface area (Å²) in [5.41, 5.74) is 0. The average molecular weight is 224 g/mol. The molecule has 0 saturated heterocycles. The van der Waals surface area contributed by atoms with Crippen molar-refractivity contribution >= 4 is 0 Å². The Bertz CT molecular complexity index is 182. The molecule has 16 heavy (non-hydrogen) atoms. The van der Waals surface area contributed by atoms with E-state index in [0.717, 1.165) is 23.7 Å². The predicted octanol–water partition coefficient (Wildman–Crippen LogP) is 5.54. The van der Waals surface area contributed by atoms with Crippen LogP contribution in [0.3, 0.4) is 0 Å². The molecular weight excluding hydrogens is 192 g/mol. The minimum atomic E-state index is 0.675. The van der Waals surface area contributed by atoms with Crippen LogP contribution in [0.25, 0.3) is 0 Å². The third-order valence-corrected chi connectivity index (χ3v) is 4.75. The fourth-order valence-corrected chi connectivity index (χ4v) is 2.31. The van der Waals surface area contributed by atoms with Crippen LogP contribution in [0.5, 0.6) is 0 Å². The van der Waals surface area contributed by atoms with Crippen LogP contribution in [0.1, 0.15) is 60.8 Å². The third-order valence-electron chi connectivity index (χ3n) is 4.75. The highest BCUT2D eigenvalue weighted by Gasteiger charge is 2.22. The summed E-state index contributed by atoms with van der Waals surface area (Å²) in [5.74, 6) is 4.06. The van der Waals surface area contributed by atoms with Gasteiger partial charge in [-0.15, -0.1) is 6.58 Å². The molecule has 0 spiro atoms. The van der Waals surface area contributed by atoms with Crippen LogP contribution >= 0.6 is 0 Å². The van der Waals surface area contributed by atoms with E-state index in [4.69, 9.17) is 0 Å². The molecule has 0 amide bonds. The fourth-order valence-electron chi connectivity index (χ4n) is 2.31. The zero-order valence-corrected chi connectivity index (χ0v) is 12.3. The molecule has 0 heterocycles. The Hall–Kier alpha value is -0.260. The van der Waals surface area contributed by atoms with Gasteiger partial charge >= 0.3 is 0 Å². The molecule has 0 nitrogen and oxygen atoms in total. The third kappa shape index (κ3) is 5.18. The second-order valence-corrected chi connectivity index (χ2v) is 5.87. The average Bonchev–Trinajstić information content (AvgIpc) is 2.32. The minimum Gasteiger partial charge on any atom is -0.103 e. The molecule has 0 aliphatic carbocycles. The van der Waals surface area contributed by atoms with Crippen molar-refractivity contribution in [1.82, 2.24) is 0 Å². The van der Waals surface area contributed by atoms with Gasteiger partial charge in [-0.25, -0.2) is 0 Å². The van der Waals surface area contributed by atoms with Gasteiger partial charge in [0.25, 0.3) is 0 Å². The maximum Gasteiger partial charge on any atom is -0.0265 e. The topological polar surface area (TPSA) is 0 Å². The number of hydrogen-bond donors (Lipinski definition) is 0. The van der Waals surface area contributed by atoms with E-state index in [1.165, 1.54) is 19.3 Å². The van der Waals surface area contributed by atoms with E-state index in [1.807, 2.05) is 0 Å². The molecule has 0 heteroatoms. The van der Waals surface area contributed by atoms with Gasteiger partial charge in [0.15, 0.2) is 0 Å². The number of allylic oxidation sites excluding steroid dienone is 1. The molecule has 0 aromatic carbocycles. The summed E-state index contributed by atoms with van der Waals surface area (Å²) in [7, 11) is 0. The highest BCUT2D eigenvalue weighted by Crippen LogP contribution is 2.31. The number of rotatable bonds is 8. The summed E-state index contributed by atoms with van der Waals surface area (Å²) in [4.78, 5) is 0. The normalized spacial score (nSPS) is 20.9. The molecule has 0 fully saturated rings. The molecule has 0 radical (unpaired) electrons.